The molecule has 5 heterocycles. The third-order valence-corrected chi connectivity index (χ3v) is 7.10. The van der Waals surface area contributed by atoms with Crippen LogP contribution in [0.1, 0.15) is 10.6 Å². The van der Waals surface area contributed by atoms with Crippen molar-refractivity contribution < 1.29 is 9.59 Å². The number of carbonyl (C=O) groups excluding carboxylic acids is 2. The molecule has 0 radical (unpaired) electrons. The van der Waals surface area contributed by atoms with E-state index in [4.69, 9.17) is 0 Å². The lowest BCUT2D eigenvalue weighted by Gasteiger charge is -2.31. The molecule has 5 rings (SSSR count). The van der Waals surface area contributed by atoms with E-state index in [2.05, 4.69) is 44.4 Å². The predicted molar refractivity (Wildman–Crippen MR) is 118 cm³/mol. The fourth-order valence-corrected chi connectivity index (χ4v) is 5.23. The number of piperazine rings is 1. The van der Waals surface area contributed by atoms with Gasteiger partial charge in [-0.05, 0) is 49.2 Å². The summed E-state index contributed by atoms with van der Waals surface area (Å²) in [6, 6.07) is 7.95. The van der Waals surface area contributed by atoms with Crippen LogP contribution in [0.5, 0.6) is 0 Å². The van der Waals surface area contributed by atoms with Gasteiger partial charge in [-0.25, -0.2) is 9.50 Å². The Morgan fingerprint density at radius 1 is 1.13 bits per heavy atom. The zero-order valence-corrected chi connectivity index (χ0v) is 18.0. The zero-order valence-electron chi connectivity index (χ0n) is 16.4. The highest BCUT2D eigenvalue weighted by atomic mass is 32.2. The number of amides is 2. The Kier molecular flexibility index (Phi) is 5.15. The maximum atomic E-state index is 11.8. The molecule has 0 unspecified atom stereocenters. The van der Waals surface area contributed by atoms with E-state index in [1.54, 1.807) is 28.0 Å². The lowest BCUT2D eigenvalue weighted by molar-refractivity contribution is -0.115. The number of aromatic nitrogens is 3. The molecule has 2 fully saturated rings. The highest BCUT2D eigenvalue weighted by Crippen LogP contribution is 2.30. The molecular formula is C20H20N6O2S2. The maximum Gasteiger partial charge on any atom is 0.290 e. The summed E-state index contributed by atoms with van der Waals surface area (Å²) < 4.78 is 1.79. The van der Waals surface area contributed by atoms with Crippen LogP contribution in [0, 0.1) is 0 Å². The molecule has 2 saturated heterocycles. The largest absolute Gasteiger partial charge is 0.304 e. The van der Waals surface area contributed by atoms with Crippen LogP contribution in [0.15, 0.2) is 35.4 Å². The van der Waals surface area contributed by atoms with Gasteiger partial charge in [-0.1, -0.05) is 0 Å². The number of nitrogens with one attached hydrogen (secondary N) is 1. The second kappa shape index (κ2) is 7.95. The van der Waals surface area contributed by atoms with E-state index >= 15 is 0 Å². The third-order valence-electron chi connectivity index (χ3n) is 5.19. The second-order valence-corrected chi connectivity index (χ2v) is 9.55. The predicted octanol–water partition coefficient (Wildman–Crippen LogP) is 2.53. The monoisotopic (exact) mass is 440 g/mol. The van der Waals surface area contributed by atoms with Gasteiger partial charge in [0.2, 0.25) is 0 Å². The van der Waals surface area contributed by atoms with Crippen LogP contribution in [0.4, 0.5) is 4.79 Å². The van der Waals surface area contributed by atoms with Crippen LogP contribution in [0.2, 0.25) is 0 Å². The van der Waals surface area contributed by atoms with E-state index in [0.717, 1.165) is 60.7 Å². The summed E-state index contributed by atoms with van der Waals surface area (Å²) in [5.41, 5.74) is 2.25. The molecule has 0 saturated carbocycles. The van der Waals surface area contributed by atoms with Crippen molar-refractivity contribution in [1.29, 1.82) is 0 Å². The van der Waals surface area contributed by atoms with Crippen molar-refractivity contribution in [2.24, 2.45) is 0 Å². The lowest BCUT2D eigenvalue weighted by Crippen LogP contribution is -2.43. The Hall–Kier alpha value is -2.53. The molecule has 10 heteroatoms. The van der Waals surface area contributed by atoms with Gasteiger partial charge in [-0.3, -0.25) is 19.8 Å². The Balaban J connectivity index is 1.40. The van der Waals surface area contributed by atoms with Crippen LogP contribution in [0.25, 0.3) is 22.3 Å². The van der Waals surface area contributed by atoms with Crippen LogP contribution >= 0.6 is 23.1 Å². The molecule has 0 aliphatic carbocycles. The third kappa shape index (κ3) is 3.91. The molecular weight excluding hydrogens is 420 g/mol. The van der Waals surface area contributed by atoms with Gasteiger partial charge in [0.15, 0.2) is 5.65 Å². The van der Waals surface area contributed by atoms with Gasteiger partial charge < -0.3 is 4.90 Å². The summed E-state index contributed by atoms with van der Waals surface area (Å²) in [5.74, 6) is -0.385. The molecule has 0 aromatic carbocycles. The van der Waals surface area contributed by atoms with Crippen molar-refractivity contribution in [3.8, 4) is 10.6 Å². The zero-order chi connectivity index (χ0) is 20.7. The van der Waals surface area contributed by atoms with E-state index in [1.165, 1.54) is 4.88 Å². The highest BCUT2D eigenvalue weighted by molar-refractivity contribution is 8.18. The molecule has 2 aliphatic heterocycles. The van der Waals surface area contributed by atoms with Crippen LogP contribution in [-0.2, 0) is 11.3 Å². The van der Waals surface area contributed by atoms with Crippen molar-refractivity contribution in [3.05, 3.63) is 45.9 Å². The number of fused-ring (bicyclic) bond motifs is 1. The van der Waals surface area contributed by atoms with E-state index in [1.807, 2.05) is 12.3 Å². The van der Waals surface area contributed by atoms with Gasteiger partial charge >= 0.3 is 0 Å². The normalized spacial score (nSPS) is 19.8. The molecule has 0 bridgehead atoms. The lowest BCUT2D eigenvalue weighted by atomic mass is 10.3. The molecule has 2 amide bonds. The van der Waals surface area contributed by atoms with Crippen molar-refractivity contribution in [3.63, 3.8) is 0 Å². The molecule has 1 N–H and O–H groups in total. The van der Waals surface area contributed by atoms with Gasteiger partial charge in [0, 0.05) is 37.6 Å². The summed E-state index contributed by atoms with van der Waals surface area (Å²) in [6.45, 7) is 5.35. The molecule has 8 nitrogen and oxygen atoms in total. The first-order chi connectivity index (χ1) is 14.5. The number of carbonyl (C=O) groups is 2. The maximum absolute atomic E-state index is 11.8. The van der Waals surface area contributed by atoms with Gasteiger partial charge in [0.05, 0.1) is 21.7 Å². The molecule has 154 valence electrons. The molecule has 3 aromatic rings. The summed E-state index contributed by atoms with van der Waals surface area (Å²) >= 11 is 2.64. The fourth-order valence-electron chi connectivity index (χ4n) is 3.51. The first-order valence-electron chi connectivity index (χ1n) is 9.65. The van der Waals surface area contributed by atoms with Gasteiger partial charge in [0.1, 0.15) is 5.69 Å². The second-order valence-electron chi connectivity index (χ2n) is 7.37. The standard InChI is InChI=1S/C20H20N6O2S2/c1-24-6-8-25(9-7-24)12-14-3-4-16(29-14)15-11-21-18-5-2-13(23-26(15)18)10-17-19(27)22-20(28)30-17/h2-5,10-11H,6-9,12H2,1H3,(H,22,27,28). The van der Waals surface area contributed by atoms with Crippen LogP contribution < -0.4 is 5.32 Å². The summed E-state index contributed by atoms with van der Waals surface area (Å²) in [6.07, 6.45) is 3.45. The average molecular weight is 441 g/mol. The number of imide groups is 1. The van der Waals surface area contributed by atoms with Gasteiger partial charge in [0.25, 0.3) is 11.1 Å². The van der Waals surface area contributed by atoms with E-state index in [-0.39, 0.29) is 11.1 Å². The van der Waals surface area contributed by atoms with Gasteiger partial charge in [-0.15, -0.1) is 11.3 Å². The van der Waals surface area contributed by atoms with Gasteiger partial charge in [-0.2, -0.15) is 5.10 Å². The van der Waals surface area contributed by atoms with Crippen molar-refractivity contribution in [2.45, 2.75) is 6.54 Å². The number of rotatable bonds is 4. The molecule has 0 atom stereocenters. The molecule has 3 aromatic heterocycles. The van der Waals surface area contributed by atoms with Crippen molar-refractivity contribution in [2.75, 3.05) is 33.2 Å². The Bertz CT molecular complexity index is 1160. The molecule has 0 spiro atoms. The number of thioether (sulfide) groups is 1. The number of imidazole rings is 1. The minimum absolute atomic E-state index is 0.346. The van der Waals surface area contributed by atoms with Crippen molar-refractivity contribution in [1.82, 2.24) is 29.7 Å². The number of hydrogen-bond acceptors (Lipinski definition) is 8. The Labute approximate surface area is 181 Å². The van der Waals surface area contributed by atoms with Crippen LogP contribution in [-0.4, -0.2) is 68.8 Å². The van der Waals surface area contributed by atoms with E-state index in [9.17, 15) is 9.59 Å². The smallest absolute Gasteiger partial charge is 0.290 e. The molecule has 30 heavy (non-hydrogen) atoms. The minimum Gasteiger partial charge on any atom is -0.304 e. The quantitative estimate of drug-likeness (QED) is 0.624. The topological polar surface area (TPSA) is 82.8 Å². The summed E-state index contributed by atoms with van der Waals surface area (Å²) in [4.78, 5) is 35.3. The minimum atomic E-state index is -0.385. The van der Waals surface area contributed by atoms with Crippen molar-refractivity contribution >= 4 is 46.0 Å². The first-order valence-corrected chi connectivity index (χ1v) is 11.3. The Morgan fingerprint density at radius 2 is 1.97 bits per heavy atom. The fraction of sp³-hybridized carbons (Fsp3) is 0.300. The highest BCUT2D eigenvalue weighted by Gasteiger charge is 2.25. The number of thiophene rings is 1. The first kappa shape index (κ1) is 19.4. The van der Waals surface area contributed by atoms with E-state index < -0.39 is 0 Å². The summed E-state index contributed by atoms with van der Waals surface area (Å²) in [5, 5.41) is 6.53. The average Bonchev–Trinajstić information content (AvgIpc) is 3.42. The number of nitrogens with zero attached hydrogens (tertiary/aromatic N) is 5. The summed E-state index contributed by atoms with van der Waals surface area (Å²) in [7, 11) is 2.16. The van der Waals surface area contributed by atoms with Crippen LogP contribution in [0.3, 0.4) is 0 Å². The van der Waals surface area contributed by atoms with E-state index in [0.29, 0.717) is 10.6 Å². The SMILES string of the molecule is CN1CCN(Cc2ccc(-c3cnc4ccc(C=C5SC(=O)NC5=O)nn34)s2)CC1. The Morgan fingerprint density at radius 3 is 2.73 bits per heavy atom. The number of likely N-dealkylation sites (N-methyl/N-ethyl adjacent to an activating group) is 1. The molecule has 2 aliphatic rings. The number of hydrogen-bond donors (Lipinski definition) is 1.